The molecule has 0 aliphatic carbocycles. The van der Waals surface area contributed by atoms with Gasteiger partial charge in [0.05, 0.1) is 0 Å². The van der Waals surface area contributed by atoms with Crippen LogP contribution in [0.5, 0.6) is 0 Å². The van der Waals surface area contributed by atoms with Crippen LogP contribution in [0.4, 0.5) is 5.69 Å². The highest BCUT2D eigenvalue weighted by molar-refractivity contribution is 6.12. The van der Waals surface area contributed by atoms with Crippen molar-refractivity contribution >= 4 is 35.2 Å². The van der Waals surface area contributed by atoms with Crippen LogP contribution < -0.4 is 16.0 Å². The second-order valence-corrected chi connectivity index (χ2v) is 9.03. The molecule has 2 atom stereocenters. The van der Waals surface area contributed by atoms with Crippen molar-refractivity contribution < 1.29 is 24.0 Å². The molecule has 1 heterocycles. The molecule has 0 spiro atoms. The normalized spacial score (nSPS) is 14.7. The number of benzene rings is 1. The number of carbonyl (C=O) groups excluding carboxylic acids is 5. The van der Waals surface area contributed by atoms with Crippen LogP contribution in [0.1, 0.15) is 58.9 Å². The molecule has 9 heteroatoms. The molecule has 0 saturated heterocycles. The van der Waals surface area contributed by atoms with Crippen LogP contribution >= 0.6 is 0 Å². The summed E-state index contributed by atoms with van der Waals surface area (Å²) in [6, 6.07) is 5.96. The summed E-state index contributed by atoms with van der Waals surface area (Å²) in [6.07, 6.45) is 5.47. The summed E-state index contributed by atoms with van der Waals surface area (Å²) in [7, 11) is 0. The molecular weight excluding hydrogens is 448 g/mol. The van der Waals surface area contributed by atoms with Gasteiger partial charge in [0.25, 0.3) is 11.8 Å². The predicted octanol–water partition coefficient (Wildman–Crippen LogP) is 2.32. The Balaban J connectivity index is 1.75. The highest BCUT2D eigenvalue weighted by atomic mass is 16.2. The first-order valence-corrected chi connectivity index (χ1v) is 12.2. The van der Waals surface area contributed by atoms with E-state index in [2.05, 4.69) is 22.9 Å². The molecule has 1 aromatic rings. The average molecular weight is 485 g/mol. The monoisotopic (exact) mass is 484 g/mol. The van der Waals surface area contributed by atoms with Gasteiger partial charge in [0.2, 0.25) is 17.7 Å². The zero-order chi connectivity index (χ0) is 26.0. The molecule has 0 bridgehead atoms. The minimum absolute atomic E-state index is 0.171. The first-order chi connectivity index (χ1) is 16.6. The van der Waals surface area contributed by atoms with Crippen molar-refractivity contribution in [1.29, 1.82) is 0 Å². The van der Waals surface area contributed by atoms with E-state index in [0.717, 1.165) is 12.0 Å². The Bertz CT molecular complexity index is 937. The lowest BCUT2D eigenvalue weighted by Crippen LogP contribution is -2.53. The molecule has 190 valence electrons. The number of anilines is 1. The quantitative estimate of drug-likeness (QED) is 0.293. The highest BCUT2D eigenvalue weighted by Crippen LogP contribution is 2.11. The summed E-state index contributed by atoms with van der Waals surface area (Å²) in [5.41, 5.74) is 1.81. The SMILES string of the molecule is CCc1ccc(NC(=O)[C@H](C)NC(=O)[C@@H](NC(=O)CCCCCN2C(=O)C=CC2=O)C(C)C)cc1. The van der Waals surface area contributed by atoms with Crippen molar-refractivity contribution in [3.63, 3.8) is 0 Å². The van der Waals surface area contributed by atoms with Crippen LogP contribution in [0, 0.1) is 5.92 Å². The van der Waals surface area contributed by atoms with E-state index >= 15 is 0 Å². The Kier molecular flexibility index (Phi) is 10.6. The minimum Gasteiger partial charge on any atom is -0.344 e. The van der Waals surface area contributed by atoms with Crippen LogP contribution in [-0.4, -0.2) is 53.1 Å². The van der Waals surface area contributed by atoms with Gasteiger partial charge in [-0.25, -0.2) is 0 Å². The Morgan fingerprint density at radius 3 is 2.06 bits per heavy atom. The van der Waals surface area contributed by atoms with Gasteiger partial charge in [-0.05, 0) is 49.8 Å². The summed E-state index contributed by atoms with van der Waals surface area (Å²) in [6.45, 7) is 7.62. The van der Waals surface area contributed by atoms with E-state index < -0.39 is 18.0 Å². The average Bonchev–Trinajstić information content (AvgIpc) is 3.14. The maximum absolute atomic E-state index is 12.8. The van der Waals surface area contributed by atoms with Gasteiger partial charge >= 0.3 is 0 Å². The lowest BCUT2D eigenvalue weighted by atomic mass is 10.0. The van der Waals surface area contributed by atoms with E-state index in [0.29, 0.717) is 31.5 Å². The van der Waals surface area contributed by atoms with Gasteiger partial charge in [0, 0.05) is 30.8 Å². The van der Waals surface area contributed by atoms with Gasteiger partial charge in [-0.2, -0.15) is 0 Å². The number of aryl methyl sites for hydroxylation is 1. The smallest absolute Gasteiger partial charge is 0.253 e. The molecule has 0 fully saturated rings. The Morgan fingerprint density at radius 1 is 0.857 bits per heavy atom. The number of nitrogens with zero attached hydrogens (tertiary/aromatic N) is 1. The van der Waals surface area contributed by atoms with Crippen LogP contribution in [0.15, 0.2) is 36.4 Å². The van der Waals surface area contributed by atoms with Gasteiger partial charge in [0.15, 0.2) is 0 Å². The molecular formula is C26H36N4O5. The van der Waals surface area contributed by atoms with E-state index in [9.17, 15) is 24.0 Å². The van der Waals surface area contributed by atoms with Crippen molar-refractivity contribution in [2.45, 2.75) is 71.9 Å². The Morgan fingerprint density at radius 2 is 1.49 bits per heavy atom. The van der Waals surface area contributed by atoms with Crippen molar-refractivity contribution in [3.8, 4) is 0 Å². The van der Waals surface area contributed by atoms with E-state index in [1.54, 1.807) is 6.92 Å². The predicted molar refractivity (Wildman–Crippen MR) is 133 cm³/mol. The minimum atomic E-state index is -0.781. The van der Waals surface area contributed by atoms with Crippen molar-refractivity contribution in [3.05, 3.63) is 42.0 Å². The third-order valence-corrected chi connectivity index (χ3v) is 5.83. The third kappa shape index (κ3) is 8.66. The maximum Gasteiger partial charge on any atom is 0.253 e. The maximum atomic E-state index is 12.8. The number of unbranched alkanes of at least 4 members (excludes halogenated alkanes) is 2. The topological polar surface area (TPSA) is 125 Å². The fourth-order valence-corrected chi connectivity index (χ4v) is 3.61. The summed E-state index contributed by atoms with van der Waals surface area (Å²) in [4.78, 5) is 61.9. The van der Waals surface area contributed by atoms with Crippen LogP contribution in [-0.2, 0) is 30.4 Å². The van der Waals surface area contributed by atoms with Crippen LogP contribution in [0.3, 0.4) is 0 Å². The summed E-state index contributed by atoms with van der Waals surface area (Å²) in [5.74, 6) is -1.82. The molecule has 9 nitrogen and oxygen atoms in total. The molecule has 2 rings (SSSR count). The Labute approximate surface area is 206 Å². The zero-order valence-electron chi connectivity index (χ0n) is 20.9. The second-order valence-electron chi connectivity index (χ2n) is 9.03. The lowest BCUT2D eigenvalue weighted by Gasteiger charge is -2.24. The number of hydrogen-bond donors (Lipinski definition) is 3. The molecule has 0 saturated carbocycles. The number of hydrogen-bond acceptors (Lipinski definition) is 5. The van der Waals surface area contributed by atoms with Crippen molar-refractivity contribution in [2.75, 3.05) is 11.9 Å². The van der Waals surface area contributed by atoms with Crippen LogP contribution in [0.25, 0.3) is 0 Å². The summed E-state index contributed by atoms with van der Waals surface area (Å²) < 4.78 is 0. The van der Waals surface area contributed by atoms with E-state index in [-0.39, 0.29) is 36.0 Å². The number of nitrogens with one attached hydrogen (secondary N) is 3. The van der Waals surface area contributed by atoms with Crippen molar-refractivity contribution in [1.82, 2.24) is 15.5 Å². The molecule has 1 aliphatic rings. The standard InChI is InChI=1S/C26H36N4O5/c1-5-19-10-12-20(13-11-19)28-25(34)18(4)27-26(35)24(17(2)3)29-21(31)9-7-6-8-16-30-22(32)14-15-23(30)33/h10-15,17-18,24H,5-9,16H2,1-4H3,(H,27,35)(H,28,34)(H,29,31)/t18-,24-/m0/s1. The van der Waals surface area contributed by atoms with Crippen LogP contribution in [0.2, 0.25) is 0 Å². The summed E-state index contributed by atoms with van der Waals surface area (Å²) in [5, 5.41) is 8.22. The largest absolute Gasteiger partial charge is 0.344 e. The molecule has 1 aromatic carbocycles. The fraction of sp³-hybridized carbons (Fsp3) is 0.500. The van der Waals surface area contributed by atoms with E-state index in [1.165, 1.54) is 17.1 Å². The molecule has 1 aliphatic heterocycles. The second kappa shape index (κ2) is 13.4. The summed E-state index contributed by atoms with van der Waals surface area (Å²) >= 11 is 0. The number of rotatable bonds is 13. The molecule has 3 N–H and O–H groups in total. The number of amides is 5. The zero-order valence-corrected chi connectivity index (χ0v) is 20.9. The van der Waals surface area contributed by atoms with Gasteiger partial charge in [0.1, 0.15) is 12.1 Å². The molecule has 0 radical (unpaired) electrons. The molecule has 0 unspecified atom stereocenters. The lowest BCUT2D eigenvalue weighted by molar-refractivity contribution is -0.137. The first-order valence-electron chi connectivity index (χ1n) is 12.2. The number of imide groups is 1. The fourth-order valence-electron chi connectivity index (χ4n) is 3.61. The van der Waals surface area contributed by atoms with Gasteiger partial charge in [-0.1, -0.05) is 39.3 Å². The van der Waals surface area contributed by atoms with E-state index in [4.69, 9.17) is 0 Å². The first kappa shape index (κ1) is 27.8. The van der Waals surface area contributed by atoms with Gasteiger partial charge in [-0.15, -0.1) is 0 Å². The van der Waals surface area contributed by atoms with Gasteiger partial charge in [-0.3, -0.25) is 28.9 Å². The van der Waals surface area contributed by atoms with Gasteiger partial charge < -0.3 is 16.0 Å². The van der Waals surface area contributed by atoms with Crippen molar-refractivity contribution in [2.24, 2.45) is 5.92 Å². The molecule has 35 heavy (non-hydrogen) atoms. The number of carbonyl (C=O) groups is 5. The molecule has 5 amide bonds. The van der Waals surface area contributed by atoms with E-state index in [1.807, 2.05) is 38.1 Å². The Hall–Kier alpha value is -3.49. The highest BCUT2D eigenvalue weighted by Gasteiger charge is 2.27. The third-order valence-electron chi connectivity index (χ3n) is 5.83. The molecule has 0 aromatic heterocycles.